The molecule has 6 N–H and O–H groups in total. The zero-order valence-electron chi connectivity index (χ0n) is 9.69. The van der Waals surface area contributed by atoms with Crippen molar-refractivity contribution in [2.45, 2.75) is 50.6 Å². The van der Waals surface area contributed by atoms with Gasteiger partial charge in [-0.1, -0.05) is 12.8 Å². The number of hydrogen-bond acceptors (Lipinski definition) is 4. The van der Waals surface area contributed by atoms with Crippen molar-refractivity contribution >= 4 is 11.9 Å². The largest absolute Gasteiger partial charge is 0.480 e. The lowest BCUT2D eigenvalue weighted by atomic mass is 10.0. The molecule has 1 fully saturated rings. The van der Waals surface area contributed by atoms with Crippen LogP contribution in [0.15, 0.2) is 0 Å². The molecule has 0 aromatic carbocycles. The molecule has 0 aromatic heterocycles. The molecule has 1 aliphatic rings. The predicted molar refractivity (Wildman–Crippen MR) is 58.9 cm³/mol. The van der Waals surface area contributed by atoms with Crippen molar-refractivity contribution in [1.82, 2.24) is 0 Å². The first kappa shape index (κ1) is 14.9. The number of carbonyl (C=O) groups is 2. The maximum Gasteiger partial charge on any atom is 0.323 e. The molecule has 6 nitrogen and oxygen atoms in total. The number of aliphatic carboxylic acids is 2. The summed E-state index contributed by atoms with van der Waals surface area (Å²) in [5.41, 5.74) is 8.61. The number of carboxylic acids is 2. The van der Waals surface area contributed by atoms with Gasteiger partial charge in [0.25, 0.3) is 0 Å². The molecule has 0 amide bonds. The van der Waals surface area contributed by atoms with Gasteiger partial charge in [0.2, 0.25) is 0 Å². The van der Waals surface area contributed by atoms with Crippen LogP contribution < -0.4 is 11.5 Å². The Morgan fingerprint density at radius 2 is 1.50 bits per heavy atom. The van der Waals surface area contributed by atoms with E-state index in [0.717, 1.165) is 12.8 Å². The molecule has 0 bridgehead atoms. The van der Waals surface area contributed by atoms with Crippen molar-refractivity contribution in [3.63, 3.8) is 0 Å². The standard InChI is InChI=1S/C6H11NO2.C4H9NO2/c7-6(5(8)9)3-1-2-4-6;1-4(2,5)3(6)7/h1-4,7H2,(H,8,9);5H2,1-2H3,(H,6,7). The van der Waals surface area contributed by atoms with Gasteiger partial charge in [-0.05, 0) is 26.7 Å². The van der Waals surface area contributed by atoms with Gasteiger partial charge in [-0.2, -0.15) is 0 Å². The molecule has 16 heavy (non-hydrogen) atoms. The van der Waals surface area contributed by atoms with Crippen LogP contribution in [0.3, 0.4) is 0 Å². The quantitative estimate of drug-likeness (QED) is 0.536. The van der Waals surface area contributed by atoms with Gasteiger partial charge >= 0.3 is 11.9 Å². The van der Waals surface area contributed by atoms with Crippen molar-refractivity contribution in [2.75, 3.05) is 0 Å². The fourth-order valence-corrected chi connectivity index (χ4v) is 1.22. The molecule has 0 heterocycles. The Kier molecular flexibility index (Phi) is 4.89. The first-order valence-corrected chi connectivity index (χ1v) is 5.14. The Bertz CT molecular complexity index is 264. The predicted octanol–water partition coefficient (Wildman–Crippen LogP) is 0.151. The van der Waals surface area contributed by atoms with Gasteiger partial charge in [-0.25, -0.2) is 0 Å². The molecular formula is C10H20N2O4. The Morgan fingerprint density at radius 1 is 1.19 bits per heavy atom. The van der Waals surface area contributed by atoms with Crippen molar-refractivity contribution in [1.29, 1.82) is 0 Å². The van der Waals surface area contributed by atoms with Crippen molar-refractivity contribution < 1.29 is 19.8 Å². The summed E-state index contributed by atoms with van der Waals surface area (Å²) in [5.74, 6) is -1.83. The second-order valence-electron chi connectivity index (χ2n) is 4.70. The number of rotatable bonds is 2. The highest BCUT2D eigenvalue weighted by Crippen LogP contribution is 2.26. The van der Waals surface area contributed by atoms with Gasteiger partial charge in [0, 0.05) is 0 Å². The smallest absolute Gasteiger partial charge is 0.323 e. The van der Waals surface area contributed by atoms with E-state index in [2.05, 4.69) is 0 Å². The van der Waals surface area contributed by atoms with E-state index in [4.69, 9.17) is 21.7 Å². The SMILES string of the molecule is CC(C)(N)C(=O)O.NC1(C(=O)O)CCCC1. The first-order chi connectivity index (χ1) is 7.09. The summed E-state index contributed by atoms with van der Waals surface area (Å²) in [4.78, 5) is 20.3. The maximum absolute atomic E-state index is 10.4. The van der Waals surface area contributed by atoms with Crippen LogP contribution in [0.2, 0.25) is 0 Å². The van der Waals surface area contributed by atoms with Gasteiger partial charge in [0.1, 0.15) is 11.1 Å². The number of hydrogen-bond donors (Lipinski definition) is 4. The summed E-state index contributed by atoms with van der Waals surface area (Å²) in [5, 5.41) is 16.7. The summed E-state index contributed by atoms with van der Waals surface area (Å²) in [6.07, 6.45) is 3.20. The topological polar surface area (TPSA) is 127 Å². The Hall–Kier alpha value is -1.14. The normalized spacial score (nSPS) is 18.5. The minimum absolute atomic E-state index is 0.641. The van der Waals surface area contributed by atoms with Gasteiger partial charge in [-0.15, -0.1) is 0 Å². The van der Waals surface area contributed by atoms with Crippen molar-refractivity contribution in [3.8, 4) is 0 Å². The molecule has 94 valence electrons. The van der Waals surface area contributed by atoms with E-state index in [1.54, 1.807) is 0 Å². The third-order valence-electron chi connectivity index (χ3n) is 2.47. The minimum Gasteiger partial charge on any atom is -0.480 e. The molecule has 0 aromatic rings. The van der Waals surface area contributed by atoms with E-state index in [1.165, 1.54) is 13.8 Å². The molecule has 1 rings (SSSR count). The third-order valence-corrected chi connectivity index (χ3v) is 2.47. The van der Waals surface area contributed by atoms with Crippen molar-refractivity contribution in [3.05, 3.63) is 0 Å². The van der Waals surface area contributed by atoms with Crippen LogP contribution in [0.5, 0.6) is 0 Å². The summed E-state index contributed by atoms with van der Waals surface area (Å²) < 4.78 is 0. The average Bonchev–Trinajstić information content (AvgIpc) is 2.52. The molecule has 0 spiro atoms. The molecule has 6 heteroatoms. The zero-order valence-corrected chi connectivity index (χ0v) is 9.69. The molecule has 1 saturated carbocycles. The van der Waals surface area contributed by atoms with Crippen molar-refractivity contribution in [2.24, 2.45) is 11.5 Å². The highest BCUT2D eigenvalue weighted by molar-refractivity contribution is 5.78. The molecule has 0 unspecified atom stereocenters. The zero-order chi connectivity index (χ0) is 13.0. The molecular weight excluding hydrogens is 212 g/mol. The monoisotopic (exact) mass is 232 g/mol. The summed E-state index contributed by atoms with van der Waals surface area (Å²) >= 11 is 0. The second-order valence-corrected chi connectivity index (χ2v) is 4.70. The van der Waals surface area contributed by atoms with Crippen LogP contribution in [0.1, 0.15) is 39.5 Å². The lowest BCUT2D eigenvalue weighted by molar-refractivity contribution is -0.143. The average molecular weight is 232 g/mol. The Labute approximate surface area is 94.6 Å². The Morgan fingerprint density at radius 3 is 1.62 bits per heavy atom. The van der Waals surface area contributed by atoms with Gasteiger partial charge in [0.15, 0.2) is 0 Å². The molecule has 0 saturated heterocycles. The van der Waals surface area contributed by atoms with Gasteiger partial charge in [-0.3, -0.25) is 9.59 Å². The second kappa shape index (κ2) is 5.27. The molecule has 0 aliphatic heterocycles. The fourth-order valence-electron chi connectivity index (χ4n) is 1.22. The first-order valence-electron chi connectivity index (χ1n) is 5.14. The molecule has 1 aliphatic carbocycles. The minimum atomic E-state index is -1.08. The number of nitrogens with two attached hydrogens (primary N) is 2. The fraction of sp³-hybridized carbons (Fsp3) is 0.800. The highest BCUT2D eigenvalue weighted by Gasteiger charge is 2.36. The van der Waals surface area contributed by atoms with E-state index >= 15 is 0 Å². The van der Waals surface area contributed by atoms with E-state index in [0.29, 0.717) is 12.8 Å². The van der Waals surface area contributed by atoms with Crippen LogP contribution in [0.4, 0.5) is 0 Å². The van der Waals surface area contributed by atoms with E-state index in [9.17, 15) is 9.59 Å². The third kappa shape index (κ3) is 4.59. The summed E-state index contributed by atoms with van der Waals surface area (Å²) in [6.45, 7) is 2.88. The van der Waals surface area contributed by atoms with Crippen LogP contribution in [0.25, 0.3) is 0 Å². The molecule has 0 radical (unpaired) electrons. The van der Waals surface area contributed by atoms with Crippen LogP contribution in [0, 0.1) is 0 Å². The molecule has 0 atom stereocenters. The highest BCUT2D eigenvalue weighted by atomic mass is 16.4. The van der Waals surface area contributed by atoms with Gasteiger partial charge < -0.3 is 21.7 Å². The van der Waals surface area contributed by atoms with E-state index < -0.39 is 23.0 Å². The number of carboxylic acid groups (broad SMARTS) is 2. The summed E-state index contributed by atoms with van der Waals surface area (Å²) in [6, 6.07) is 0. The summed E-state index contributed by atoms with van der Waals surface area (Å²) in [7, 11) is 0. The lowest BCUT2D eigenvalue weighted by Gasteiger charge is -2.15. The van der Waals surface area contributed by atoms with Crippen LogP contribution in [-0.2, 0) is 9.59 Å². The Balaban J connectivity index is 0.000000293. The van der Waals surface area contributed by atoms with Crippen LogP contribution >= 0.6 is 0 Å². The van der Waals surface area contributed by atoms with Crippen LogP contribution in [-0.4, -0.2) is 33.2 Å². The lowest BCUT2D eigenvalue weighted by Crippen LogP contribution is -2.44. The van der Waals surface area contributed by atoms with E-state index in [-0.39, 0.29) is 0 Å². The van der Waals surface area contributed by atoms with Gasteiger partial charge in [0.05, 0.1) is 0 Å². The van der Waals surface area contributed by atoms with E-state index in [1.807, 2.05) is 0 Å². The maximum atomic E-state index is 10.4.